The average Bonchev–Trinajstić information content (AvgIpc) is 2.67. The van der Waals surface area contributed by atoms with Crippen LogP contribution in [0.5, 0.6) is 0 Å². The number of nitrogens with one attached hydrogen (secondary N) is 1. The molecule has 0 saturated heterocycles. The van der Waals surface area contributed by atoms with E-state index >= 15 is 0 Å². The molecule has 0 aliphatic heterocycles. The van der Waals surface area contributed by atoms with Crippen LogP contribution in [0.15, 0.2) is 0 Å². The van der Waals surface area contributed by atoms with Gasteiger partial charge in [0.1, 0.15) is 0 Å². The highest BCUT2D eigenvalue weighted by Crippen LogP contribution is 2.23. The van der Waals surface area contributed by atoms with Gasteiger partial charge in [0, 0.05) is 6.54 Å². The van der Waals surface area contributed by atoms with E-state index in [-0.39, 0.29) is 11.8 Å². The molecule has 1 aliphatic carbocycles. The molecule has 84 valence electrons. The zero-order valence-corrected chi connectivity index (χ0v) is 8.83. The Labute approximate surface area is 84.2 Å². The number of aliphatic hydroxyl groups excluding tert-OH is 2. The highest BCUT2D eigenvalue weighted by Gasteiger charge is 2.28. The predicted molar refractivity (Wildman–Crippen MR) is 52.3 cm³/mol. The maximum Gasteiger partial charge on any atom is 0.214 e. The van der Waals surface area contributed by atoms with Gasteiger partial charge < -0.3 is 10.2 Å². The molecule has 0 aromatic rings. The third kappa shape index (κ3) is 3.20. The SMILES string of the molecule is O=S(=O)(NCC(O)CO)C1CCCC1. The summed E-state index contributed by atoms with van der Waals surface area (Å²) in [6.45, 7) is -0.525. The number of rotatable bonds is 5. The van der Waals surface area contributed by atoms with Crippen LogP contribution in [0.3, 0.4) is 0 Å². The molecule has 0 aromatic heterocycles. The molecule has 6 heteroatoms. The van der Waals surface area contributed by atoms with Gasteiger partial charge in [-0.25, -0.2) is 13.1 Å². The lowest BCUT2D eigenvalue weighted by atomic mass is 10.4. The van der Waals surface area contributed by atoms with Crippen molar-refractivity contribution in [1.82, 2.24) is 4.72 Å². The minimum absolute atomic E-state index is 0.102. The molecule has 5 nitrogen and oxygen atoms in total. The first-order valence-corrected chi connectivity index (χ1v) is 6.38. The summed E-state index contributed by atoms with van der Waals surface area (Å²) in [5.41, 5.74) is 0. The molecule has 0 heterocycles. The van der Waals surface area contributed by atoms with Crippen LogP contribution in [0.2, 0.25) is 0 Å². The molecule has 3 N–H and O–H groups in total. The third-order valence-corrected chi connectivity index (χ3v) is 4.39. The molecule has 0 aromatic carbocycles. The molecule has 1 aliphatic rings. The average molecular weight is 223 g/mol. The monoisotopic (exact) mass is 223 g/mol. The van der Waals surface area contributed by atoms with Crippen LogP contribution in [0, 0.1) is 0 Å². The van der Waals surface area contributed by atoms with Gasteiger partial charge in [-0.1, -0.05) is 12.8 Å². The fourth-order valence-electron chi connectivity index (χ4n) is 1.59. The van der Waals surface area contributed by atoms with E-state index in [0.717, 1.165) is 12.8 Å². The Bertz CT molecular complexity index is 259. The first-order chi connectivity index (χ1) is 6.56. The number of aliphatic hydroxyl groups is 2. The van der Waals surface area contributed by atoms with Gasteiger partial charge in [-0.3, -0.25) is 0 Å². The largest absolute Gasteiger partial charge is 0.394 e. The van der Waals surface area contributed by atoms with Crippen LogP contribution in [0.1, 0.15) is 25.7 Å². The minimum atomic E-state index is -3.29. The van der Waals surface area contributed by atoms with Crippen molar-refractivity contribution in [3.05, 3.63) is 0 Å². The Hall–Kier alpha value is -0.170. The van der Waals surface area contributed by atoms with Gasteiger partial charge in [0.25, 0.3) is 0 Å². The lowest BCUT2D eigenvalue weighted by Gasteiger charge is -2.13. The van der Waals surface area contributed by atoms with Crippen molar-refractivity contribution in [3.63, 3.8) is 0 Å². The van der Waals surface area contributed by atoms with Gasteiger partial charge in [0.15, 0.2) is 0 Å². The van der Waals surface area contributed by atoms with Crippen molar-refractivity contribution < 1.29 is 18.6 Å². The molecular formula is C8H17NO4S. The summed E-state index contributed by atoms with van der Waals surface area (Å²) in [4.78, 5) is 0. The molecule has 1 rings (SSSR count). The van der Waals surface area contributed by atoms with E-state index < -0.39 is 22.7 Å². The van der Waals surface area contributed by atoms with Crippen LogP contribution in [0.4, 0.5) is 0 Å². The quantitative estimate of drug-likeness (QED) is 0.569. The fraction of sp³-hybridized carbons (Fsp3) is 1.00. The van der Waals surface area contributed by atoms with Crippen molar-refractivity contribution in [1.29, 1.82) is 0 Å². The summed E-state index contributed by atoms with van der Waals surface area (Å²) in [6.07, 6.45) is 2.29. The first-order valence-electron chi connectivity index (χ1n) is 4.83. The van der Waals surface area contributed by atoms with E-state index in [1.165, 1.54) is 0 Å². The molecule has 1 atom stereocenters. The summed E-state index contributed by atoms with van der Waals surface area (Å²) < 4.78 is 25.4. The Balaban J connectivity index is 2.41. The second-order valence-electron chi connectivity index (χ2n) is 3.64. The first kappa shape index (κ1) is 11.9. The van der Waals surface area contributed by atoms with Crippen LogP contribution < -0.4 is 4.72 Å². The Morgan fingerprint density at radius 3 is 2.43 bits per heavy atom. The molecule has 1 saturated carbocycles. The van der Waals surface area contributed by atoms with Crippen LogP contribution in [-0.4, -0.2) is 43.1 Å². The van der Waals surface area contributed by atoms with E-state index in [4.69, 9.17) is 10.2 Å². The highest BCUT2D eigenvalue weighted by molar-refractivity contribution is 7.90. The normalized spacial score (nSPS) is 21.3. The lowest BCUT2D eigenvalue weighted by Crippen LogP contribution is -2.38. The molecule has 0 bridgehead atoms. The Morgan fingerprint density at radius 2 is 1.93 bits per heavy atom. The summed E-state index contributed by atoms with van der Waals surface area (Å²) >= 11 is 0. The van der Waals surface area contributed by atoms with Gasteiger partial charge in [0.2, 0.25) is 10.0 Å². The van der Waals surface area contributed by atoms with E-state index in [9.17, 15) is 8.42 Å². The molecule has 0 spiro atoms. The summed E-state index contributed by atoms with van der Waals surface area (Å²) in [6, 6.07) is 0. The molecular weight excluding hydrogens is 206 g/mol. The maximum absolute atomic E-state index is 11.5. The lowest BCUT2D eigenvalue weighted by molar-refractivity contribution is 0.0987. The zero-order valence-electron chi connectivity index (χ0n) is 8.02. The molecule has 0 radical (unpaired) electrons. The molecule has 1 fully saturated rings. The van der Waals surface area contributed by atoms with Gasteiger partial charge in [-0.15, -0.1) is 0 Å². The standard InChI is InChI=1S/C8H17NO4S/c10-6-7(11)5-9-14(12,13)8-3-1-2-4-8/h7-11H,1-6H2. The van der Waals surface area contributed by atoms with E-state index in [1.54, 1.807) is 0 Å². The van der Waals surface area contributed by atoms with Crippen LogP contribution in [-0.2, 0) is 10.0 Å². The number of sulfonamides is 1. The van der Waals surface area contributed by atoms with Gasteiger partial charge in [-0.05, 0) is 12.8 Å². The minimum Gasteiger partial charge on any atom is -0.394 e. The van der Waals surface area contributed by atoms with Gasteiger partial charge in [-0.2, -0.15) is 0 Å². The molecule has 0 amide bonds. The van der Waals surface area contributed by atoms with E-state index in [0.29, 0.717) is 12.8 Å². The maximum atomic E-state index is 11.5. The smallest absolute Gasteiger partial charge is 0.214 e. The van der Waals surface area contributed by atoms with Crippen LogP contribution >= 0.6 is 0 Å². The number of hydrogen-bond acceptors (Lipinski definition) is 4. The van der Waals surface area contributed by atoms with Crippen molar-refractivity contribution in [2.45, 2.75) is 37.0 Å². The Kier molecular flexibility index (Phi) is 4.31. The second-order valence-corrected chi connectivity index (χ2v) is 5.68. The van der Waals surface area contributed by atoms with E-state index in [1.807, 2.05) is 0 Å². The van der Waals surface area contributed by atoms with Crippen molar-refractivity contribution in [2.75, 3.05) is 13.2 Å². The Morgan fingerprint density at radius 1 is 1.36 bits per heavy atom. The summed E-state index contributed by atoms with van der Waals surface area (Å²) in [7, 11) is -3.29. The third-order valence-electron chi connectivity index (χ3n) is 2.47. The van der Waals surface area contributed by atoms with Crippen molar-refractivity contribution in [2.24, 2.45) is 0 Å². The number of hydrogen-bond donors (Lipinski definition) is 3. The topological polar surface area (TPSA) is 86.6 Å². The van der Waals surface area contributed by atoms with E-state index in [2.05, 4.69) is 4.72 Å². The fourth-order valence-corrected chi connectivity index (χ4v) is 3.21. The highest BCUT2D eigenvalue weighted by atomic mass is 32.2. The molecule has 1 unspecified atom stereocenters. The van der Waals surface area contributed by atoms with Crippen LogP contribution in [0.25, 0.3) is 0 Å². The second kappa shape index (κ2) is 5.06. The van der Waals surface area contributed by atoms with Gasteiger partial charge in [0.05, 0.1) is 18.0 Å². The summed E-state index contributed by atoms with van der Waals surface area (Å²) in [5.74, 6) is 0. The summed E-state index contributed by atoms with van der Waals surface area (Å²) in [5, 5.41) is 17.2. The van der Waals surface area contributed by atoms with Crippen molar-refractivity contribution >= 4 is 10.0 Å². The van der Waals surface area contributed by atoms with Crippen molar-refractivity contribution in [3.8, 4) is 0 Å². The van der Waals surface area contributed by atoms with Gasteiger partial charge >= 0.3 is 0 Å². The predicted octanol–water partition coefficient (Wildman–Crippen LogP) is -0.798. The molecule has 14 heavy (non-hydrogen) atoms. The zero-order chi connectivity index (χ0) is 10.6.